The van der Waals surface area contributed by atoms with Gasteiger partial charge >= 0.3 is 5.97 Å². The predicted molar refractivity (Wildman–Crippen MR) is 63.9 cm³/mol. The maximum Gasteiger partial charge on any atom is 0.304 e. The average Bonchev–Trinajstić information content (AvgIpc) is 2.87. The van der Waals surface area contributed by atoms with Crippen molar-refractivity contribution < 1.29 is 14.3 Å². The van der Waals surface area contributed by atoms with Crippen LogP contribution in [0.3, 0.4) is 0 Å². The SMILES string of the molecule is CC(Cc1ccco1)N1CCCC1CC(=O)O. The lowest BCUT2D eigenvalue weighted by atomic mass is 10.1. The van der Waals surface area contributed by atoms with E-state index in [-0.39, 0.29) is 12.5 Å². The van der Waals surface area contributed by atoms with Gasteiger partial charge in [0, 0.05) is 18.5 Å². The number of furan rings is 1. The number of aliphatic carboxylic acids is 1. The van der Waals surface area contributed by atoms with Gasteiger partial charge < -0.3 is 9.52 Å². The summed E-state index contributed by atoms with van der Waals surface area (Å²) in [6, 6.07) is 4.39. The van der Waals surface area contributed by atoms with Crippen molar-refractivity contribution in [3.63, 3.8) is 0 Å². The molecular formula is C13H19NO3. The number of likely N-dealkylation sites (tertiary alicyclic amines) is 1. The van der Waals surface area contributed by atoms with Crippen molar-refractivity contribution in [3.05, 3.63) is 24.2 Å². The van der Waals surface area contributed by atoms with Crippen molar-refractivity contribution in [2.45, 2.75) is 44.7 Å². The molecule has 2 heterocycles. The van der Waals surface area contributed by atoms with Gasteiger partial charge in [0.15, 0.2) is 0 Å². The number of carboxylic acids is 1. The Morgan fingerprint density at radius 3 is 3.18 bits per heavy atom. The standard InChI is InChI=1S/C13H19NO3/c1-10(8-12-5-3-7-17-12)14-6-2-4-11(14)9-13(15)16/h3,5,7,10-11H,2,4,6,8-9H2,1H3,(H,15,16). The monoisotopic (exact) mass is 237 g/mol. The maximum absolute atomic E-state index is 10.8. The van der Waals surface area contributed by atoms with E-state index < -0.39 is 5.97 Å². The van der Waals surface area contributed by atoms with Crippen molar-refractivity contribution in [1.29, 1.82) is 0 Å². The van der Waals surface area contributed by atoms with Crippen molar-refractivity contribution in [3.8, 4) is 0 Å². The normalized spacial score (nSPS) is 22.8. The van der Waals surface area contributed by atoms with E-state index in [0.29, 0.717) is 6.04 Å². The number of nitrogens with zero attached hydrogens (tertiary/aromatic N) is 1. The highest BCUT2D eigenvalue weighted by atomic mass is 16.4. The Morgan fingerprint density at radius 2 is 2.53 bits per heavy atom. The van der Waals surface area contributed by atoms with E-state index in [1.54, 1.807) is 6.26 Å². The summed E-state index contributed by atoms with van der Waals surface area (Å²) in [4.78, 5) is 13.1. The summed E-state index contributed by atoms with van der Waals surface area (Å²) < 4.78 is 5.34. The fourth-order valence-electron chi connectivity index (χ4n) is 2.70. The molecule has 1 aromatic heterocycles. The van der Waals surface area contributed by atoms with E-state index >= 15 is 0 Å². The molecule has 0 radical (unpaired) electrons. The largest absolute Gasteiger partial charge is 0.481 e. The Morgan fingerprint density at radius 1 is 1.71 bits per heavy atom. The van der Waals surface area contributed by atoms with Crippen LogP contribution in [-0.2, 0) is 11.2 Å². The van der Waals surface area contributed by atoms with E-state index in [2.05, 4.69) is 11.8 Å². The Balaban J connectivity index is 1.93. The van der Waals surface area contributed by atoms with Gasteiger partial charge in [-0.15, -0.1) is 0 Å². The zero-order valence-electron chi connectivity index (χ0n) is 10.1. The number of carbonyl (C=O) groups is 1. The van der Waals surface area contributed by atoms with Crippen LogP contribution < -0.4 is 0 Å². The van der Waals surface area contributed by atoms with Gasteiger partial charge in [-0.1, -0.05) is 0 Å². The Hall–Kier alpha value is -1.29. The van der Waals surface area contributed by atoms with Crippen molar-refractivity contribution in [1.82, 2.24) is 4.90 Å². The van der Waals surface area contributed by atoms with Crippen LogP contribution >= 0.6 is 0 Å². The maximum atomic E-state index is 10.8. The molecule has 1 aliphatic heterocycles. The van der Waals surface area contributed by atoms with Gasteiger partial charge in [0.1, 0.15) is 5.76 Å². The van der Waals surface area contributed by atoms with Gasteiger partial charge in [-0.2, -0.15) is 0 Å². The van der Waals surface area contributed by atoms with E-state index in [4.69, 9.17) is 9.52 Å². The Bertz CT molecular complexity index is 361. The van der Waals surface area contributed by atoms with Gasteiger partial charge in [-0.05, 0) is 38.4 Å². The lowest BCUT2D eigenvalue weighted by molar-refractivity contribution is -0.138. The first-order valence-electron chi connectivity index (χ1n) is 6.16. The van der Waals surface area contributed by atoms with Crippen molar-refractivity contribution in [2.75, 3.05) is 6.54 Å². The average molecular weight is 237 g/mol. The summed E-state index contributed by atoms with van der Waals surface area (Å²) in [7, 11) is 0. The molecule has 2 atom stereocenters. The van der Waals surface area contributed by atoms with Gasteiger partial charge in [-0.3, -0.25) is 9.69 Å². The summed E-state index contributed by atoms with van der Waals surface area (Å²) in [5.74, 6) is 0.269. The van der Waals surface area contributed by atoms with Crippen LogP contribution in [0.5, 0.6) is 0 Å². The number of hydrogen-bond acceptors (Lipinski definition) is 3. The molecule has 0 bridgehead atoms. The minimum atomic E-state index is -0.702. The molecule has 2 unspecified atom stereocenters. The van der Waals surface area contributed by atoms with Gasteiger partial charge in [0.05, 0.1) is 12.7 Å². The van der Waals surface area contributed by atoms with Crippen LogP contribution in [0.15, 0.2) is 22.8 Å². The van der Waals surface area contributed by atoms with Gasteiger partial charge in [0.25, 0.3) is 0 Å². The van der Waals surface area contributed by atoms with E-state index in [1.807, 2.05) is 12.1 Å². The number of rotatable bonds is 5. The quantitative estimate of drug-likeness (QED) is 0.852. The number of hydrogen-bond donors (Lipinski definition) is 1. The first-order chi connectivity index (χ1) is 8.16. The molecule has 4 heteroatoms. The molecule has 94 valence electrons. The molecule has 0 aliphatic carbocycles. The molecule has 0 amide bonds. The first-order valence-corrected chi connectivity index (χ1v) is 6.16. The highest BCUT2D eigenvalue weighted by Gasteiger charge is 2.30. The second-order valence-corrected chi connectivity index (χ2v) is 4.76. The van der Waals surface area contributed by atoms with Crippen LogP contribution in [0.4, 0.5) is 0 Å². The zero-order chi connectivity index (χ0) is 12.3. The van der Waals surface area contributed by atoms with Crippen LogP contribution in [0, 0.1) is 0 Å². The van der Waals surface area contributed by atoms with Gasteiger partial charge in [0.2, 0.25) is 0 Å². The summed E-state index contributed by atoms with van der Waals surface area (Å²) in [6.45, 7) is 3.14. The van der Waals surface area contributed by atoms with Crippen LogP contribution in [0.2, 0.25) is 0 Å². The predicted octanol–water partition coefficient (Wildman–Crippen LogP) is 2.15. The van der Waals surface area contributed by atoms with Crippen LogP contribution in [0.25, 0.3) is 0 Å². The zero-order valence-corrected chi connectivity index (χ0v) is 10.1. The van der Waals surface area contributed by atoms with Crippen LogP contribution in [0.1, 0.15) is 31.9 Å². The molecule has 1 N–H and O–H groups in total. The topological polar surface area (TPSA) is 53.7 Å². The molecule has 1 saturated heterocycles. The van der Waals surface area contributed by atoms with E-state index in [1.165, 1.54) is 0 Å². The highest BCUT2D eigenvalue weighted by molar-refractivity contribution is 5.67. The summed E-state index contributed by atoms with van der Waals surface area (Å²) in [5.41, 5.74) is 0. The summed E-state index contributed by atoms with van der Waals surface area (Å²) in [6.07, 6.45) is 4.88. The molecule has 1 fully saturated rings. The lowest BCUT2D eigenvalue weighted by Gasteiger charge is -2.29. The van der Waals surface area contributed by atoms with Gasteiger partial charge in [-0.25, -0.2) is 0 Å². The Labute approximate surface area is 101 Å². The van der Waals surface area contributed by atoms with Crippen LogP contribution in [-0.4, -0.2) is 34.6 Å². The van der Waals surface area contributed by atoms with Crippen molar-refractivity contribution >= 4 is 5.97 Å². The summed E-state index contributed by atoms with van der Waals surface area (Å²) in [5, 5.41) is 8.88. The third kappa shape index (κ3) is 3.09. The molecule has 0 saturated carbocycles. The van der Waals surface area contributed by atoms with Crippen molar-refractivity contribution in [2.24, 2.45) is 0 Å². The minimum Gasteiger partial charge on any atom is -0.481 e. The van der Waals surface area contributed by atoms with E-state index in [9.17, 15) is 4.79 Å². The Kier molecular flexibility index (Phi) is 3.84. The highest BCUT2D eigenvalue weighted by Crippen LogP contribution is 2.24. The molecule has 0 spiro atoms. The third-order valence-corrected chi connectivity index (χ3v) is 3.48. The minimum absolute atomic E-state index is 0.192. The third-order valence-electron chi connectivity index (χ3n) is 3.48. The second kappa shape index (κ2) is 5.36. The first kappa shape index (κ1) is 12.2. The summed E-state index contributed by atoms with van der Waals surface area (Å²) >= 11 is 0. The number of carboxylic acid groups (broad SMARTS) is 1. The molecule has 0 aromatic carbocycles. The molecule has 1 aliphatic rings. The lowest BCUT2D eigenvalue weighted by Crippen LogP contribution is -2.39. The fourth-order valence-corrected chi connectivity index (χ4v) is 2.70. The molecule has 4 nitrogen and oxygen atoms in total. The molecule has 2 rings (SSSR count). The molecule has 1 aromatic rings. The molecular weight excluding hydrogens is 218 g/mol. The fraction of sp³-hybridized carbons (Fsp3) is 0.615. The second-order valence-electron chi connectivity index (χ2n) is 4.76. The van der Waals surface area contributed by atoms with E-state index in [0.717, 1.165) is 31.6 Å². The smallest absolute Gasteiger partial charge is 0.304 e. The molecule has 17 heavy (non-hydrogen) atoms.